The molecule has 0 saturated carbocycles. The van der Waals surface area contributed by atoms with E-state index in [1.165, 1.54) is 11.1 Å². The number of aromatic nitrogens is 1. The fourth-order valence-electron chi connectivity index (χ4n) is 2.05. The van der Waals surface area contributed by atoms with Gasteiger partial charge in [0, 0.05) is 23.5 Å². The summed E-state index contributed by atoms with van der Waals surface area (Å²) in [5.41, 5.74) is 4.64. The summed E-state index contributed by atoms with van der Waals surface area (Å²) in [7, 11) is 0. The van der Waals surface area contributed by atoms with Crippen molar-refractivity contribution >= 4 is 28.7 Å². The molecule has 0 N–H and O–H groups in total. The maximum absolute atomic E-state index is 6.05. The van der Waals surface area contributed by atoms with Crippen LogP contribution in [0.15, 0.2) is 48.8 Å². The van der Waals surface area contributed by atoms with Crippen LogP contribution in [0, 0.1) is 6.92 Å². The Bertz CT molecular complexity index is 728. The number of hydrogen-bond acceptors (Lipinski definition) is 0. The van der Waals surface area contributed by atoms with Crippen LogP contribution in [0.2, 0.25) is 10.0 Å². The quantitative estimate of drug-likeness (QED) is 0.574. The van der Waals surface area contributed by atoms with Crippen molar-refractivity contribution in [3.8, 4) is 11.1 Å². The minimum absolute atomic E-state index is 0.583. The van der Waals surface area contributed by atoms with Crippen LogP contribution < -0.4 is 0 Å². The van der Waals surface area contributed by atoms with Gasteiger partial charge in [-0.15, -0.1) is 0 Å². The van der Waals surface area contributed by atoms with E-state index < -0.39 is 0 Å². The van der Waals surface area contributed by atoms with Crippen LogP contribution >= 0.6 is 23.2 Å². The van der Waals surface area contributed by atoms with Gasteiger partial charge >= 0.3 is 0 Å². The first-order valence-corrected chi connectivity index (χ1v) is 6.43. The second kappa shape index (κ2) is 4.34. The zero-order valence-corrected chi connectivity index (χ0v) is 11.3. The molecule has 0 aliphatic rings. The van der Waals surface area contributed by atoms with Crippen molar-refractivity contribution in [3.05, 3.63) is 64.4 Å². The molecular formula is C15H11Cl2N. The second-order valence-corrected chi connectivity index (χ2v) is 5.21. The molecule has 18 heavy (non-hydrogen) atoms. The number of aryl methyl sites for hydroxylation is 1. The molecule has 2 heterocycles. The van der Waals surface area contributed by atoms with Crippen molar-refractivity contribution < 1.29 is 0 Å². The van der Waals surface area contributed by atoms with E-state index in [0.29, 0.717) is 10.0 Å². The predicted octanol–water partition coefficient (Wildman–Crippen LogP) is 5.22. The average Bonchev–Trinajstić information content (AvgIpc) is 2.75. The molecule has 1 aromatic carbocycles. The van der Waals surface area contributed by atoms with E-state index in [0.717, 1.165) is 11.1 Å². The molecule has 0 aliphatic heterocycles. The first kappa shape index (κ1) is 11.6. The lowest BCUT2D eigenvalue weighted by molar-refractivity contribution is 1.18. The third kappa shape index (κ3) is 2.00. The van der Waals surface area contributed by atoms with Gasteiger partial charge in [0.2, 0.25) is 0 Å². The number of fused-ring (bicyclic) bond motifs is 1. The molecule has 0 unspecified atom stereocenters. The molecule has 3 aromatic rings. The van der Waals surface area contributed by atoms with Gasteiger partial charge in [-0.3, -0.25) is 0 Å². The number of benzene rings is 1. The van der Waals surface area contributed by atoms with Gasteiger partial charge in [0.15, 0.2) is 0 Å². The third-order valence-electron chi connectivity index (χ3n) is 3.01. The highest BCUT2D eigenvalue weighted by Gasteiger charge is 2.05. The molecular weight excluding hydrogens is 265 g/mol. The Morgan fingerprint density at radius 2 is 1.72 bits per heavy atom. The summed E-state index contributed by atoms with van der Waals surface area (Å²) in [6.45, 7) is 2.09. The fourth-order valence-corrected chi connectivity index (χ4v) is 2.35. The first-order valence-electron chi connectivity index (χ1n) is 5.67. The van der Waals surface area contributed by atoms with Crippen molar-refractivity contribution in [3.63, 3.8) is 0 Å². The zero-order chi connectivity index (χ0) is 12.7. The summed E-state index contributed by atoms with van der Waals surface area (Å²) in [5.74, 6) is 0. The Kier molecular flexibility index (Phi) is 2.81. The van der Waals surface area contributed by atoms with Crippen molar-refractivity contribution in [1.29, 1.82) is 0 Å². The van der Waals surface area contributed by atoms with Crippen LogP contribution in [0.1, 0.15) is 5.56 Å². The molecule has 0 spiro atoms. The van der Waals surface area contributed by atoms with E-state index in [9.17, 15) is 0 Å². The Morgan fingerprint density at radius 1 is 0.889 bits per heavy atom. The Labute approximate surface area is 116 Å². The monoisotopic (exact) mass is 275 g/mol. The van der Waals surface area contributed by atoms with Crippen molar-refractivity contribution in [1.82, 2.24) is 4.40 Å². The van der Waals surface area contributed by atoms with E-state index >= 15 is 0 Å². The summed E-state index contributed by atoms with van der Waals surface area (Å²) in [5, 5.41) is 1.17. The SMILES string of the molecule is Cc1ccn2cc(-c3ccc(Cl)c(Cl)c3)cc2c1. The minimum Gasteiger partial charge on any atom is -0.323 e. The van der Waals surface area contributed by atoms with Crippen LogP contribution in [0.3, 0.4) is 0 Å². The molecule has 1 nitrogen and oxygen atoms in total. The van der Waals surface area contributed by atoms with Crippen molar-refractivity contribution in [2.24, 2.45) is 0 Å². The van der Waals surface area contributed by atoms with E-state index in [4.69, 9.17) is 23.2 Å². The van der Waals surface area contributed by atoms with Crippen LogP contribution in [0.5, 0.6) is 0 Å². The van der Waals surface area contributed by atoms with Gasteiger partial charge in [0.25, 0.3) is 0 Å². The summed E-state index contributed by atoms with van der Waals surface area (Å²) in [6.07, 6.45) is 4.15. The van der Waals surface area contributed by atoms with Gasteiger partial charge < -0.3 is 4.40 Å². The zero-order valence-electron chi connectivity index (χ0n) is 9.82. The Balaban J connectivity index is 2.16. The fraction of sp³-hybridized carbons (Fsp3) is 0.0667. The molecule has 90 valence electrons. The van der Waals surface area contributed by atoms with E-state index in [1.807, 2.05) is 18.2 Å². The van der Waals surface area contributed by atoms with Gasteiger partial charge in [-0.05, 0) is 48.4 Å². The molecule has 3 rings (SSSR count). The maximum Gasteiger partial charge on any atom is 0.0598 e. The number of pyridine rings is 1. The normalized spacial score (nSPS) is 11.1. The largest absolute Gasteiger partial charge is 0.323 e. The van der Waals surface area contributed by atoms with Crippen LogP contribution in [0.25, 0.3) is 16.6 Å². The van der Waals surface area contributed by atoms with Gasteiger partial charge in [-0.2, -0.15) is 0 Å². The van der Waals surface area contributed by atoms with E-state index in [-0.39, 0.29) is 0 Å². The van der Waals surface area contributed by atoms with Crippen molar-refractivity contribution in [2.75, 3.05) is 0 Å². The number of halogens is 2. The first-order chi connectivity index (χ1) is 8.63. The summed E-state index contributed by atoms with van der Waals surface area (Å²) in [4.78, 5) is 0. The molecule has 0 fully saturated rings. The van der Waals surface area contributed by atoms with Gasteiger partial charge in [-0.25, -0.2) is 0 Å². The number of rotatable bonds is 1. The summed E-state index contributed by atoms with van der Waals surface area (Å²) in [6, 6.07) is 12.1. The highest BCUT2D eigenvalue weighted by Crippen LogP contribution is 2.29. The molecule has 0 bridgehead atoms. The maximum atomic E-state index is 6.05. The van der Waals surface area contributed by atoms with Crippen molar-refractivity contribution in [2.45, 2.75) is 6.92 Å². The molecule has 0 radical (unpaired) electrons. The molecule has 0 atom stereocenters. The molecule has 0 saturated heterocycles. The Morgan fingerprint density at radius 3 is 2.50 bits per heavy atom. The standard InChI is InChI=1S/C15H11Cl2N/c1-10-4-5-18-9-12(7-13(18)6-10)11-2-3-14(16)15(17)8-11/h2-9H,1H3. The smallest absolute Gasteiger partial charge is 0.0598 e. The number of nitrogens with zero attached hydrogens (tertiary/aromatic N) is 1. The highest BCUT2D eigenvalue weighted by molar-refractivity contribution is 6.42. The molecule has 3 heteroatoms. The lowest BCUT2D eigenvalue weighted by Gasteiger charge is -1.99. The lowest BCUT2D eigenvalue weighted by atomic mass is 10.1. The summed E-state index contributed by atoms with van der Waals surface area (Å²) < 4.78 is 2.10. The predicted molar refractivity (Wildman–Crippen MR) is 77.6 cm³/mol. The van der Waals surface area contributed by atoms with Gasteiger partial charge in [0.1, 0.15) is 0 Å². The van der Waals surface area contributed by atoms with Gasteiger partial charge in [0.05, 0.1) is 10.0 Å². The topological polar surface area (TPSA) is 4.41 Å². The minimum atomic E-state index is 0.583. The van der Waals surface area contributed by atoms with Crippen LogP contribution in [0.4, 0.5) is 0 Å². The number of hydrogen-bond donors (Lipinski definition) is 0. The van der Waals surface area contributed by atoms with Gasteiger partial charge in [-0.1, -0.05) is 29.3 Å². The highest BCUT2D eigenvalue weighted by atomic mass is 35.5. The van der Waals surface area contributed by atoms with Crippen LogP contribution in [-0.2, 0) is 0 Å². The molecule has 2 aromatic heterocycles. The Hall–Kier alpha value is -1.44. The molecule has 0 aliphatic carbocycles. The second-order valence-electron chi connectivity index (χ2n) is 4.39. The molecule has 0 amide bonds. The van der Waals surface area contributed by atoms with E-state index in [1.54, 1.807) is 0 Å². The van der Waals surface area contributed by atoms with E-state index in [2.05, 4.69) is 41.9 Å². The third-order valence-corrected chi connectivity index (χ3v) is 3.75. The lowest BCUT2D eigenvalue weighted by Crippen LogP contribution is -1.80. The van der Waals surface area contributed by atoms with Crippen LogP contribution in [-0.4, -0.2) is 4.40 Å². The average molecular weight is 276 g/mol. The summed E-state index contributed by atoms with van der Waals surface area (Å²) >= 11 is 12.0.